The molecule has 0 unspecified atom stereocenters. The van der Waals surface area contributed by atoms with E-state index in [0.29, 0.717) is 18.0 Å². The number of aromatic nitrogens is 1. The highest BCUT2D eigenvalue weighted by Crippen LogP contribution is 2.29. The van der Waals surface area contributed by atoms with Crippen molar-refractivity contribution in [3.05, 3.63) is 76.1 Å². The van der Waals surface area contributed by atoms with Gasteiger partial charge in [-0.25, -0.2) is 13.4 Å². The quantitative estimate of drug-likeness (QED) is 0.666. The van der Waals surface area contributed by atoms with Crippen LogP contribution >= 0.6 is 11.3 Å². The molecule has 2 N–H and O–H groups in total. The molecule has 1 saturated heterocycles. The van der Waals surface area contributed by atoms with Crippen molar-refractivity contribution in [2.24, 2.45) is 0 Å². The van der Waals surface area contributed by atoms with Crippen LogP contribution in [0, 0.1) is 6.92 Å². The Morgan fingerprint density at radius 1 is 1.07 bits per heavy atom. The molecule has 3 heterocycles. The van der Waals surface area contributed by atoms with Gasteiger partial charge in [-0.2, -0.15) is 4.31 Å². The molecule has 1 fully saturated rings. The molecular formula is C21H24N3O2S2+. The van der Waals surface area contributed by atoms with Crippen molar-refractivity contribution < 1.29 is 13.4 Å². The van der Waals surface area contributed by atoms with Gasteiger partial charge in [0.15, 0.2) is 6.04 Å². The van der Waals surface area contributed by atoms with Crippen LogP contribution in [0.5, 0.6) is 0 Å². The number of sulfonamides is 1. The number of hydrogen-bond acceptors (Lipinski definition) is 4. The standard InChI is InChI=1S/C21H23N3O2S2/c1-16-6-8-17(9-7-16)21(19-5-4-14-27-19)23-20-11-10-18(15-22-20)28(25,26)24-12-2-3-13-24/h4-11,14-15,21H,2-3,12-13H2,1H3,(H,22,23)/p+1/t21-/m0/s1. The van der Waals surface area contributed by atoms with Crippen LogP contribution in [0.3, 0.4) is 0 Å². The van der Waals surface area contributed by atoms with Gasteiger partial charge in [-0.15, -0.1) is 11.3 Å². The van der Waals surface area contributed by atoms with Gasteiger partial charge >= 0.3 is 0 Å². The fourth-order valence-electron chi connectivity index (χ4n) is 3.43. The second kappa shape index (κ2) is 8.03. The first kappa shape index (κ1) is 19.1. The monoisotopic (exact) mass is 414 g/mol. The minimum absolute atomic E-state index is 0.00195. The summed E-state index contributed by atoms with van der Waals surface area (Å²) in [5, 5.41) is 5.57. The van der Waals surface area contributed by atoms with Gasteiger partial charge in [0.1, 0.15) is 11.1 Å². The lowest BCUT2D eigenvalue weighted by Gasteiger charge is -2.16. The Bertz CT molecular complexity index is 1010. The Balaban J connectivity index is 1.58. The highest BCUT2D eigenvalue weighted by molar-refractivity contribution is 7.89. The lowest BCUT2D eigenvalue weighted by molar-refractivity contribution is -0.364. The van der Waals surface area contributed by atoms with Gasteiger partial charge in [-0.05, 0) is 37.3 Å². The predicted molar refractivity (Wildman–Crippen MR) is 112 cm³/mol. The van der Waals surface area contributed by atoms with Gasteiger partial charge in [0.2, 0.25) is 10.0 Å². The summed E-state index contributed by atoms with van der Waals surface area (Å²) in [6.07, 6.45) is 3.44. The van der Waals surface area contributed by atoms with E-state index in [1.165, 1.54) is 10.4 Å². The van der Waals surface area contributed by atoms with Gasteiger partial charge in [0.05, 0.1) is 4.88 Å². The van der Waals surface area contributed by atoms with Crippen molar-refractivity contribution in [1.29, 1.82) is 0 Å². The van der Waals surface area contributed by atoms with Crippen LogP contribution in [0.4, 0.5) is 5.82 Å². The molecule has 4 rings (SSSR count). The molecule has 2 aromatic heterocycles. The summed E-state index contributed by atoms with van der Waals surface area (Å²) in [6, 6.07) is 16.1. The number of nitrogens with one attached hydrogen (secondary N) is 2. The molecule has 7 heteroatoms. The topological polar surface area (TPSA) is 63.6 Å². The van der Waals surface area contributed by atoms with Crippen molar-refractivity contribution in [3.63, 3.8) is 0 Å². The third kappa shape index (κ3) is 3.97. The third-order valence-electron chi connectivity index (χ3n) is 5.03. The summed E-state index contributed by atoms with van der Waals surface area (Å²) in [6.45, 7) is 3.29. The van der Waals surface area contributed by atoms with Crippen molar-refractivity contribution in [3.8, 4) is 0 Å². The number of aromatic amines is 1. The normalized spacial score (nSPS) is 16.2. The Hall–Kier alpha value is -2.22. The van der Waals surface area contributed by atoms with Gasteiger partial charge in [-0.1, -0.05) is 35.9 Å². The number of rotatable bonds is 6. The number of hydrogen-bond donors (Lipinski definition) is 1. The largest absolute Gasteiger partial charge is 0.273 e. The predicted octanol–water partition coefficient (Wildman–Crippen LogP) is 3.86. The number of thiophene rings is 1. The summed E-state index contributed by atoms with van der Waals surface area (Å²) in [4.78, 5) is 4.64. The van der Waals surface area contributed by atoms with E-state index in [2.05, 4.69) is 52.9 Å². The van der Waals surface area contributed by atoms with Crippen molar-refractivity contribution in [2.45, 2.75) is 30.7 Å². The highest BCUT2D eigenvalue weighted by atomic mass is 32.2. The number of H-pyrrole nitrogens is 1. The van der Waals surface area contributed by atoms with Crippen molar-refractivity contribution in [2.75, 3.05) is 18.4 Å². The molecule has 0 amide bonds. The molecule has 1 aromatic carbocycles. The van der Waals surface area contributed by atoms with Crippen LogP contribution in [-0.4, -0.2) is 25.8 Å². The number of anilines is 1. The molecule has 0 bridgehead atoms. The Kier molecular flexibility index (Phi) is 5.48. The minimum Gasteiger partial charge on any atom is -0.262 e. The van der Waals surface area contributed by atoms with Gasteiger partial charge in [-0.3, -0.25) is 5.32 Å². The Morgan fingerprint density at radius 3 is 2.43 bits per heavy atom. The SMILES string of the molecule is Cc1ccc([C@H](Nc2ccc(S(=O)(=O)N3CCCC3)c[nH+]2)c2cccs2)cc1. The van der Waals surface area contributed by atoms with Crippen LogP contribution in [0.2, 0.25) is 0 Å². The number of nitrogens with zero attached hydrogens (tertiary/aromatic N) is 1. The van der Waals surface area contributed by atoms with E-state index in [-0.39, 0.29) is 6.04 Å². The average molecular weight is 415 g/mol. The van der Waals surface area contributed by atoms with Crippen molar-refractivity contribution in [1.82, 2.24) is 4.31 Å². The van der Waals surface area contributed by atoms with Gasteiger partial charge < -0.3 is 0 Å². The fraction of sp³-hybridized carbons (Fsp3) is 0.286. The van der Waals surface area contributed by atoms with Crippen LogP contribution < -0.4 is 10.3 Å². The molecule has 1 aliphatic heterocycles. The second-order valence-electron chi connectivity index (χ2n) is 7.05. The molecule has 1 aliphatic rings. The average Bonchev–Trinajstić information content (AvgIpc) is 3.41. The molecule has 5 nitrogen and oxygen atoms in total. The van der Waals surface area contributed by atoms with Gasteiger partial charge in [0, 0.05) is 24.7 Å². The van der Waals surface area contributed by atoms with E-state index in [9.17, 15) is 8.42 Å². The summed E-state index contributed by atoms with van der Waals surface area (Å²) in [5.74, 6) is 0.777. The molecule has 0 aliphatic carbocycles. The molecule has 146 valence electrons. The fourth-order valence-corrected chi connectivity index (χ4v) is 5.71. The third-order valence-corrected chi connectivity index (χ3v) is 7.86. The molecule has 3 aromatic rings. The van der Waals surface area contributed by atoms with E-state index >= 15 is 0 Å². The zero-order valence-corrected chi connectivity index (χ0v) is 17.4. The van der Waals surface area contributed by atoms with E-state index in [0.717, 1.165) is 24.2 Å². The number of benzene rings is 1. The summed E-state index contributed by atoms with van der Waals surface area (Å²) >= 11 is 1.69. The lowest BCUT2D eigenvalue weighted by Crippen LogP contribution is -2.29. The van der Waals surface area contributed by atoms with E-state index in [4.69, 9.17) is 0 Å². The van der Waals surface area contributed by atoms with Gasteiger partial charge in [0.25, 0.3) is 5.82 Å². The van der Waals surface area contributed by atoms with E-state index in [1.54, 1.807) is 34.0 Å². The first-order chi connectivity index (χ1) is 13.5. The summed E-state index contributed by atoms with van der Waals surface area (Å²) in [5.41, 5.74) is 2.38. The smallest absolute Gasteiger partial charge is 0.262 e. The van der Waals surface area contributed by atoms with Crippen molar-refractivity contribution >= 4 is 27.2 Å². The molecule has 28 heavy (non-hydrogen) atoms. The zero-order valence-electron chi connectivity index (χ0n) is 15.8. The molecule has 0 spiro atoms. The molecular weight excluding hydrogens is 390 g/mol. The molecule has 1 atom stereocenters. The zero-order chi connectivity index (χ0) is 19.6. The van der Waals surface area contributed by atoms with E-state index in [1.807, 2.05) is 6.07 Å². The van der Waals surface area contributed by atoms with Crippen LogP contribution in [-0.2, 0) is 10.0 Å². The first-order valence-electron chi connectivity index (χ1n) is 9.42. The minimum atomic E-state index is -3.41. The summed E-state index contributed by atoms with van der Waals surface area (Å²) in [7, 11) is -3.41. The number of aryl methyl sites for hydroxylation is 1. The maximum Gasteiger partial charge on any atom is 0.273 e. The molecule has 0 saturated carbocycles. The maximum absolute atomic E-state index is 12.7. The highest BCUT2D eigenvalue weighted by Gasteiger charge is 2.28. The first-order valence-corrected chi connectivity index (χ1v) is 11.7. The van der Waals surface area contributed by atoms with Crippen LogP contribution in [0.1, 0.15) is 34.9 Å². The van der Waals surface area contributed by atoms with Crippen LogP contribution in [0.25, 0.3) is 0 Å². The summed E-state index contributed by atoms with van der Waals surface area (Å²) < 4.78 is 27.0. The second-order valence-corrected chi connectivity index (χ2v) is 9.97. The molecule has 0 radical (unpaired) electrons. The Labute approximate surface area is 170 Å². The lowest BCUT2D eigenvalue weighted by atomic mass is 10.0. The maximum atomic E-state index is 12.7. The van der Waals surface area contributed by atoms with Crippen LogP contribution in [0.15, 0.2) is 65.0 Å². The Morgan fingerprint density at radius 2 is 1.82 bits per heavy atom. The number of pyridine rings is 1. The van der Waals surface area contributed by atoms with E-state index < -0.39 is 10.0 Å².